The highest BCUT2D eigenvalue weighted by Gasteiger charge is 2.21. The van der Waals surface area contributed by atoms with Gasteiger partial charge in [0.15, 0.2) is 0 Å². The lowest BCUT2D eigenvalue weighted by Gasteiger charge is -2.09. The number of nitrogens with zero attached hydrogens (tertiary/aromatic N) is 2. The molecule has 0 aliphatic rings. The number of nitrogen functional groups attached to an aromatic ring is 1. The molecule has 4 N–H and O–H groups in total. The summed E-state index contributed by atoms with van der Waals surface area (Å²) >= 11 is 0. The van der Waals surface area contributed by atoms with Gasteiger partial charge in [0.05, 0.1) is 5.56 Å². The van der Waals surface area contributed by atoms with E-state index in [-0.39, 0.29) is 28.0 Å². The van der Waals surface area contributed by atoms with E-state index in [1.807, 2.05) is 0 Å². The van der Waals surface area contributed by atoms with Crippen molar-refractivity contribution in [1.29, 1.82) is 0 Å². The third-order valence-corrected chi connectivity index (χ3v) is 4.61. The third kappa shape index (κ3) is 3.25. The van der Waals surface area contributed by atoms with Crippen LogP contribution in [0.5, 0.6) is 0 Å². The Labute approximate surface area is 148 Å². The Bertz CT molecular complexity index is 1160. The van der Waals surface area contributed by atoms with Crippen LogP contribution >= 0.6 is 0 Å². The van der Waals surface area contributed by atoms with E-state index in [4.69, 9.17) is 5.73 Å². The van der Waals surface area contributed by atoms with E-state index in [9.17, 15) is 22.9 Å². The van der Waals surface area contributed by atoms with E-state index in [0.717, 1.165) is 0 Å². The number of fused-ring (bicyclic) bond motifs is 1. The van der Waals surface area contributed by atoms with Crippen molar-refractivity contribution < 1.29 is 22.9 Å². The first kappa shape index (κ1) is 17.5. The number of rotatable bonds is 4. The largest absolute Gasteiger partial charge is 0.478 e. The van der Waals surface area contributed by atoms with Gasteiger partial charge in [-0.15, -0.1) is 10.2 Å². The number of hydrogen-bond donors (Lipinski definition) is 3. The van der Waals surface area contributed by atoms with Gasteiger partial charge in [-0.2, -0.15) is 8.42 Å². The summed E-state index contributed by atoms with van der Waals surface area (Å²) < 4.78 is 33.4. The zero-order valence-electron chi connectivity index (χ0n) is 13.2. The van der Waals surface area contributed by atoms with Crippen molar-refractivity contribution in [3.05, 3.63) is 60.2 Å². The molecular formula is C17H13N3O5S. The van der Waals surface area contributed by atoms with E-state index in [1.165, 1.54) is 30.3 Å². The maximum absolute atomic E-state index is 11.9. The summed E-state index contributed by atoms with van der Waals surface area (Å²) in [5, 5.41) is 17.5. The Morgan fingerprint density at radius 1 is 0.923 bits per heavy atom. The average Bonchev–Trinajstić information content (AvgIpc) is 2.59. The minimum atomic E-state index is -4.63. The molecule has 0 unspecified atom stereocenters. The van der Waals surface area contributed by atoms with Gasteiger partial charge in [-0.1, -0.05) is 36.4 Å². The molecule has 0 spiro atoms. The Morgan fingerprint density at radius 3 is 2.15 bits per heavy atom. The van der Waals surface area contributed by atoms with Crippen LogP contribution in [0.2, 0.25) is 0 Å². The van der Waals surface area contributed by atoms with Crippen molar-refractivity contribution in [3.8, 4) is 0 Å². The zero-order valence-corrected chi connectivity index (χ0v) is 14.0. The first-order valence-corrected chi connectivity index (χ1v) is 8.76. The van der Waals surface area contributed by atoms with Gasteiger partial charge < -0.3 is 10.8 Å². The van der Waals surface area contributed by atoms with Crippen molar-refractivity contribution >= 4 is 43.9 Å². The van der Waals surface area contributed by atoms with Crippen LogP contribution < -0.4 is 5.73 Å². The van der Waals surface area contributed by atoms with Gasteiger partial charge in [0.25, 0.3) is 10.1 Å². The van der Waals surface area contributed by atoms with Crippen molar-refractivity contribution in [2.24, 2.45) is 10.2 Å². The van der Waals surface area contributed by atoms with Crippen LogP contribution in [0.4, 0.5) is 17.1 Å². The number of azo groups is 1. The van der Waals surface area contributed by atoms with Crippen LogP contribution in [0.25, 0.3) is 10.8 Å². The molecule has 0 heterocycles. The summed E-state index contributed by atoms with van der Waals surface area (Å²) in [5.41, 5.74) is 5.93. The lowest BCUT2D eigenvalue weighted by Crippen LogP contribution is -2.01. The van der Waals surface area contributed by atoms with Crippen molar-refractivity contribution in [3.63, 3.8) is 0 Å². The number of carboxylic acids is 1. The van der Waals surface area contributed by atoms with Gasteiger partial charge in [-0.25, -0.2) is 4.79 Å². The van der Waals surface area contributed by atoms with Crippen molar-refractivity contribution in [1.82, 2.24) is 0 Å². The van der Waals surface area contributed by atoms with Crippen molar-refractivity contribution in [2.45, 2.75) is 4.90 Å². The maximum atomic E-state index is 11.9. The molecule has 0 atom stereocenters. The number of hydrogen-bond acceptors (Lipinski definition) is 6. The lowest BCUT2D eigenvalue weighted by atomic mass is 10.1. The number of carboxylic acid groups (broad SMARTS) is 1. The Kier molecular flexibility index (Phi) is 4.41. The van der Waals surface area contributed by atoms with Gasteiger partial charge in [0.1, 0.15) is 16.3 Å². The minimum Gasteiger partial charge on any atom is -0.478 e. The highest BCUT2D eigenvalue weighted by atomic mass is 32.2. The Balaban J connectivity index is 2.25. The van der Waals surface area contributed by atoms with Gasteiger partial charge in [0.2, 0.25) is 0 Å². The second-order valence-corrected chi connectivity index (χ2v) is 6.72. The van der Waals surface area contributed by atoms with Crippen LogP contribution in [-0.2, 0) is 10.1 Å². The van der Waals surface area contributed by atoms with Gasteiger partial charge in [-0.3, -0.25) is 4.55 Å². The normalized spacial score (nSPS) is 11.9. The predicted octanol–water partition coefficient (Wildman–Crippen LogP) is 3.78. The number of anilines is 1. The number of carbonyl (C=O) groups is 1. The van der Waals surface area contributed by atoms with E-state index in [2.05, 4.69) is 10.2 Å². The molecule has 3 rings (SSSR count). The highest BCUT2D eigenvalue weighted by molar-refractivity contribution is 7.86. The first-order valence-electron chi connectivity index (χ1n) is 7.32. The molecule has 0 bridgehead atoms. The van der Waals surface area contributed by atoms with E-state index >= 15 is 0 Å². The topological polar surface area (TPSA) is 142 Å². The molecule has 0 saturated heterocycles. The van der Waals surface area contributed by atoms with E-state index < -0.39 is 21.0 Å². The SMILES string of the molecule is Nc1cc(N=Nc2ccccc2C(=O)O)c(S(=O)(=O)O)c2ccccc12. The van der Waals surface area contributed by atoms with Gasteiger partial charge in [-0.05, 0) is 18.2 Å². The maximum Gasteiger partial charge on any atom is 0.337 e. The Morgan fingerprint density at radius 2 is 1.50 bits per heavy atom. The monoisotopic (exact) mass is 371 g/mol. The first-order chi connectivity index (χ1) is 12.3. The number of benzene rings is 3. The molecule has 0 aliphatic heterocycles. The zero-order chi connectivity index (χ0) is 18.9. The third-order valence-electron chi connectivity index (χ3n) is 3.67. The van der Waals surface area contributed by atoms with Crippen molar-refractivity contribution in [2.75, 3.05) is 5.73 Å². The molecule has 3 aromatic rings. The molecule has 8 nitrogen and oxygen atoms in total. The van der Waals surface area contributed by atoms with Gasteiger partial charge in [0, 0.05) is 16.5 Å². The summed E-state index contributed by atoms with van der Waals surface area (Å²) in [6, 6.07) is 13.5. The molecule has 9 heteroatoms. The standard InChI is InChI=1S/C17H13N3O5S/c18-13-9-15(20-19-14-8-4-3-7-12(14)17(21)22)16(26(23,24)25)11-6-2-1-5-10(11)13/h1-9H,18H2,(H,21,22)(H,23,24,25). The fraction of sp³-hybridized carbons (Fsp3) is 0. The second-order valence-electron chi connectivity index (χ2n) is 5.36. The molecule has 0 saturated carbocycles. The summed E-state index contributed by atoms with van der Waals surface area (Å²) in [5.74, 6) is -1.20. The molecule has 0 radical (unpaired) electrons. The molecule has 0 aromatic heterocycles. The fourth-order valence-corrected chi connectivity index (χ4v) is 3.38. The van der Waals surface area contributed by atoms with E-state index in [0.29, 0.717) is 5.39 Å². The van der Waals surface area contributed by atoms with Crippen LogP contribution in [0.1, 0.15) is 10.4 Å². The van der Waals surface area contributed by atoms with E-state index in [1.54, 1.807) is 24.3 Å². The van der Waals surface area contributed by atoms with Crippen LogP contribution in [0, 0.1) is 0 Å². The predicted molar refractivity (Wildman–Crippen MR) is 95.8 cm³/mol. The molecule has 0 fully saturated rings. The average molecular weight is 371 g/mol. The molecule has 0 amide bonds. The molecule has 3 aromatic carbocycles. The minimum absolute atomic E-state index is 0.0352. The number of aromatic carboxylic acids is 1. The van der Waals surface area contributed by atoms with Crippen LogP contribution in [0.3, 0.4) is 0 Å². The molecule has 26 heavy (non-hydrogen) atoms. The summed E-state index contributed by atoms with van der Waals surface area (Å²) in [6.07, 6.45) is 0. The number of nitrogens with two attached hydrogens (primary N) is 1. The Hall–Kier alpha value is -3.30. The fourth-order valence-electron chi connectivity index (χ4n) is 2.56. The highest BCUT2D eigenvalue weighted by Crippen LogP contribution is 2.37. The lowest BCUT2D eigenvalue weighted by molar-refractivity contribution is 0.0697. The van der Waals surface area contributed by atoms with Crippen LogP contribution in [0.15, 0.2) is 69.7 Å². The second kappa shape index (κ2) is 6.54. The smallest absolute Gasteiger partial charge is 0.337 e. The molecule has 132 valence electrons. The van der Waals surface area contributed by atoms with Crippen LogP contribution in [-0.4, -0.2) is 24.0 Å². The summed E-state index contributed by atoms with van der Waals surface area (Å²) in [4.78, 5) is 10.8. The molecular weight excluding hydrogens is 358 g/mol. The molecule has 0 aliphatic carbocycles. The summed E-state index contributed by atoms with van der Waals surface area (Å²) in [6.45, 7) is 0. The quantitative estimate of drug-likeness (QED) is 0.362. The van der Waals surface area contributed by atoms with Gasteiger partial charge >= 0.3 is 5.97 Å². The summed E-state index contributed by atoms with van der Waals surface area (Å²) in [7, 11) is -4.63.